The second-order valence-corrected chi connectivity index (χ2v) is 4.67. The van der Waals surface area contributed by atoms with E-state index in [2.05, 4.69) is 25.8 Å². The number of aryl methyl sites for hydroxylation is 1. The molecule has 0 unspecified atom stereocenters. The van der Waals surface area contributed by atoms with E-state index in [-0.39, 0.29) is 11.4 Å². The molecule has 23 heavy (non-hydrogen) atoms. The number of hydrogen-bond donors (Lipinski definition) is 2. The molecule has 116 valence electrons. The maximum Gasteiger partial charge on any atom is 0.277 e. The van der Waals surface area contributed by atoms with E-state index in [4.69, 9.17) is 4.52 Å². The molecule has 0 radical (unpaired) electrons. The van der Waals surface area contributed by atoms with Crippen molar-refractivity contribution in [2.45, 2.75) is 6.92 Å². The molecule has 7 nitrogen and oxygen atoms in total. The van der Waals surface area contributed by atoms with Crippen LogP contribution in [0.2, 0.25) is 0 Å². The summed E-state index contributed by atoms with van der Waals surface area (Å²) < 4.78 is 18.4. The number of carbonyl (C=O) groups is 1. The lowest BCUT2D eigenvalue weighted by atomic mass is 10.3. The molecule has 0 atom stereocenters. The molecule has 0 saturated carbocycles. The van der Waals surface area contributed by atoms with Crippen LogP contribution in [0.15, 0.2) is 47.2 Å². The van der Waals surface area contributed by atoms with Gasteiger partial charge in [0.15, 0.2) is 5.82 Å². The van der Waals surface area contributed by atoms with Crippen LogP contribution in [-0.4, -0.2) is 21.0 Å². The summed E-state index contributed by atoms with van der Waals surface area (Å²) in [6, 6.07) is 7.77. The van der Waals surface area contributed by atoms with E-state index in [0.717, 1.165) is 0 Å². The van der Waals surface area contributed by atoms with Gasteiger partial charge in [-0.15, -0.1) is 0 Å². The second kappa shape index (κ2) is 6.22. The monoisotopic (exact) mass is 313 g/mol. The van der Waals surface area contributed by atoms with Crippen LogP contribution in [0.1, 0.15) is 16.2 Å². The van der Waals surface area contributed by atoms with Gasteiger partial charge >= 0.3 is 0 Å². The molecule has 1 amide bonds. The number of nitrogens with zero attached hydrogens (tertiary/aromatic N) is 3. The fourth-order valence-electron chi connectivity index (χ4n) is 1.82. The number of halogens is 1. The highest BCUT2D eigenvalue weighted by Gasteiger charge is 2.11. The largest absolute Gasteiger partial charge is 0.360 e. The lowest BCUT2D eigenvalue weighted by molar-refractivity contribution is 0.102. The van der Waals surface area contributed by atoms with Gasteiger partial charge < -0.3 is 15.2 Å². The standard InChI is InChI=1S/C15H12FN5O2/c1-9-6-13(21-23-9)20-15(22)12-7-18-14(8-17-12)19-11-5-3-2-4-10(11)16/h2-8H,1H3,(H,18,19)(H,20,21,22). The summed E-state index contributed by atoms with van der Waals surface area (Å²) in [4.78, 5) is 20.0. The molecule has 0 aliphatic heterocycles. The number of benzene rings is 1. The summed E-state index contributed by atoms with van der Waals surface area (Å²) >= 11 is 0. The van der Waals surface area contributed by atoms with Gasteiger partial charge in [-0.2, -0.15) is 0 Å². The summed E-state index contributed by atoms with van der Waals surface area (Å²) in [7, 11) is 0. The second-order valence-electron chi connectivity index (χ2n) is 4.67. The lowest BCUT2D eigenvalue weighted by Gasteiger charge is -2.06. The van der Waals surface area contributed by atoms with Gasteiger partial charge in [0.1, 0.15) is 23.1 Å². The van der Waals surface area contributed by atoms with Gasteiger partial charge in [-0.25, -0.2) is 14.4 Å². The quantitative estimate of drug-likeness (QED) is 0.769. The van der Waals surface area contributed by atoms with Crippen LogP contribution in [0.5, 0.6) is 0 Å². The number of carbonyl (C=O) groups excluding carboxylic acids is 1. The Morgan fingerprint density at radius 2 is 2.00 bits per heavy atom. The van der Waals surface area contributed by atoms with Gasteiger partial charge in [0.2, 0.25) is 0 Å². The minimum atomic E-state index is -0.469. The van der Waals surface area contributed by atoms with Crippen LogP contribution in [0, 0.1) is 12.7 Å². The van der Waals surface area contributed by atoms with Crippen LogP contribution in [0.25, 0.3) is 0 Å². The molecule has 0 aliphatic carbocycles. The van der Waals surface area contributed by atoms with Gasteiger partial charge in [0.05, 0.1) is 18.1 Å². The third-order valence-corrected chi connectivity index (χ3v) is 2.89. The molecule has 0 bridgehead atoms. The van der Waals surface area contributed by atoms with Crippen molar-refractivity contribution >= 4 is 23.2 Å². The van der Waals surface area contributed by atoms with Crippen LogP contribution < -0.4 is 10.6 Å². The minimum Gasteiger partial charge on any atom is -0.360 e. The first kappa shape index (κ1) is 14.6. The number of amides is 1. The van der Waals surface area contributed by atoms with Crippen molar-refractivity contribution in [2.24, 2.45) is 0 Å². The van der Waals surface area contributed by atoms with E-state index >= 15 is 0 Å². The fraction of sp³-hybridized carbons (Fsp3) is 0.0667. The van der Waals surface area contributed by atoms with E-state index in [1.165, 1.54) is 18.5 Å². The van der Waals surface area contributed by atoms with Crippen molar-refractivity contribution in [3.63, 3.8) is 0 Å². The minimum absolute atomic E-state index is 0.102. The smallest absolute Gasteiger partial charge is 0.277 e. The average molecular weight is 313 g/mol. The molecule has 2 heterocycles. The Labute approximate surface area is 130 Å². The van der Waals surface area contributed by atoms with Crippen LogP contribution in [0.4, 0.5) is 21.7 Å². The number of rotatable bonds is 4. The lowest BCUT2D eigenvalue weighted by Crippen LogP contribution is -2.14. The highest BCUT2D eigenvalue weighted by molar-refractivity contribution is 6.02. The summed E-state index contributed by atoms with van der Waals surface area (Å²) in [6.07, 6.45) is 2.63. The number of anilines is 3. The maximum absolute atomic E-state index is 13.5. The fourth-order valence-corrected chi connectivity index (χ4v) is 1.82. The Morgan fingerprint density at radius 1 is 1.17 bits per heavy atom. The average Bonchev–Trinajstić information content (AvgIpc) is 2.95. The van der Waals surface area contributed by atoms with Crippen LogP contribution >= 0.6 is 0 Å². The molecule has 0 spiro atoms. The Bertz CT molecular complexity index is 832. The zero-order chi connectivity index (χ0) is 16.2. The van der Waals surface area contributed by atoms with Crippen LogP contribution in [-0.2, 0) is 0 Å². The molecule has 0 fully saturated rings. The summed E-state index contributed by atoms with van der Waals surface area (Å²) in [6.45, 7) is 1.71. The molecule has 3 aromatic rings. The van der Waals surface area contributed by atoms with E-state index in [1.807, 2.05) is 0 Å². The molecule has 3 rings (SSSR count). The normalized spacial score (nSPS) is 10.3. The Kier molecular flexibility index (Phi) is 3.96. The van der Waals surface area contributed by atoms with Crippen molar-refractivity contribution in [2.75, 3.05) is 10.6 Å². The van der Waals surface area contributed by atoms with Gasteiger partial charge in [0, 0.05) is 6.07 Å². The highest BCUT2D eigenvalue weighted by atomic mass is 19.1. The number of nitrogens with one attached hydrogen (secondary N) is 2. The Balaban J connectivity index is 1.69. The van der Waals surface area contributed by atoms with Crippen molar-refractivity contribution in [3.05, 3.63) is 60.0 Å². The first-order chi connectivity index (χ1) is 11.1. The summed E-state index contributed by atoms with van der Waals surface area (Å²) in [5.74, 6) is 0.323. The predicted molar refractivity (Wildman–Crippen MR) is 80.9 cm³/mol. The number of para-hydroxylation sites is 1. The number of aromatic nitrogens is 3. The van der Waals surface area contributed by atoms with E-state index in [9.17, 15) is 9.18 Å². The molecular weight excluding hydrogens is 301 g/mol. The van der Waals surface area contributed by atoms with Crippen LogP contribution in [0.3, 0.4) is 0 Å². The summed E-state index contributed by atoms with van der Waals surface area (Å²) in [5, 5.41) is 8.97. The Hall–Kier alpha value is -3.29. The van der Waals surface area contributed by atoms with E-state index in [1.54, 1.807) is 31.2 Å². The van der Waals surface area contributed by atoms with E-state index in [0.29, 0.717) is 17.4 Å². The highest BCUT2D eigenvalue weighted by Crippen LogP contribution is 2.17. The van der Waals surface area contributed by atoms with Gasteiger partial charge in [-0.05, 0) is 19.1 Å². The van der Waals surface area contributed by atoms with Crippen molar-refractivity contribution in [1.29, 1.82) is 0 Å². The van der Waals surface area contributed by atoms with Gasteiger partial charge in [-0.3, -0.25) is 4.79 Å². The predicted octanol–water partition coefficient (Wildman–Crippen LogP) is 2.91. The van der Waals surface area contributed by atoms with Crippen molar-refractivity contribution in [1.82, 2.24) is 15.1 Å². The zero-order valence-corrected chi connectivity index (χ0v) is 12.1. The molecule has 2 N–H and O–H groups in total. The molecule has 2 aromatic heterocycles. The van der Waals surface area contributed by atoms with Crippen molar-refractivity contribution < 1.29 is 13.7 Å². The molecule has 0 aliphatic rings. The topological polar surface area (TPSA) is 92.9 Å². The van der Waals surface area contributed by atoms with E-state index < -0.39 is 11.7 Å². The molecule has 8 heteroatoms. The Morgan fingerprint density at radius 3 is 2.65 bits per heavy atom. The first-order valence-electron chi connectivity index (χ1n) is 6.70. The zero-order valence-electron chi connectivity index (χ0n) is 12.1. The third-order valence-electron chi connectivity index (χ3n) is 2.89. The first-order valence-corrected chi connectivity index (χ1v) is 6.70. The SMILES string of the molecule is Cc1cc(NC(=O)c2cnc(Nc3ccccc3F)cn2)no1. The molecule has 1 aromatic carbocycles. The van der Waals surface area contributed by atoms with Gasteiger partial charge in [0.25, 0.3) is 5.91 Å². The number of hydrogen-bond acceptors (Lipinski definition) is 6. The summed E-state index contributed by atoms with van der Waals surface area (Å²) in [5.41, 5.74) is 0.377. The molecule has 0 saturated heterocycles. The van der Waals surface area contributed by atoms with Crippen molar-refractivity contribution in [3.8, 4) is 0 Å². The van der Waals surface area contributed by atoms with Gasteiger partial charge in [-0.1, -0.05) is 17.3 Å². The maximum atomic E-state index is 13.5. The molecular formula is C15H12FN5O2. The third kappa shape index (κ3) is 3.49.